The summed E-state index contributed by atoms with van der Waals surface area (Å²) in [6.07, 6.45) is 2.59. The van der Waals surface area contributed by atoms with Crippen molar-refractivity contribution in [3.05, 3.63) is 59.5 Å². The predicted octanol–water partition coefficient (Wildman–Crippen LogP) is 4.13. The van der Waals surface area contributed by atoms with Crippen LogP contribution >= 0.6 is 11.6 Å². The predicted molar refractivity (Wildman–Crippen MR) is 86.9 cm³/mol. The van der Waals surface area contributed by atoms with Gasteiger partial charge >= 0.3 is 0 Å². The molecule has 0 aliphatic carbocycles. The third-order valence-electron chi connectivity index (χ3n) is 3.84. The molecule has 0 saturated carbocycles. The van der Waals surface area contributed by atoms with Crippen molar-refractivity contribution in [2.75, 3.05) is 5.88 Å². The minimum atomic E-state index is 0.184. The van der Waals surface area contributed by atoms with Crippen molar-refractivity contribution in [1.82, 2.24) is 14.5 Å². The molecule has 2 heterocycles. The second kappa shape index (κ2) is 5.86. The van der Waals surface area contributed by atoms with E-state index in [-0.39, 0.29) is 6.04 Å². The van der Waals surface area contributed by atoms with Gasteiger partial charge in [-0.2, -0.15) is 0 Å². The van der Waals surface area contributed by atoms with Gasteiger partial charge in [-0.05, 0) is 31.0 Å². The van der Waals surface area contributed by atoms with Crippen LogP contribution in [0.4, 0.5) is 0 Å². The summed E-state index contributed by atoms with van der Waals surface area (Å²) in [7, 11) is 0. The average molecular weight is 300 g/mol. The molecule has 0 bridgehead atoms. The van der Waals surface area contributed by atoms with Crippen LogP contribution in [0.15, 0.2) is 42.6 Å². The van der Waals surface area contributed by atoms with Crippen molar-refractivity contribution in [3.8, 4) is 0 Å². The molecule has 3 aromatic rings. The third kappa shape index (κ3) is 2.54. The number of nitrogens with zero attached hydrogens (tertiary/aromatic N) is 3. The summed E-state index contributed by atoms with van der Waals surface area (Å²) in [5.74, 6) is 1.56. The van der Waals surface area contributed by atoms with Crippen LogP contribution in [0.5, 0.6) is 0 Å². The number of alkyl halides is 1. The first-order valence-corrected chi connectivity index (χ1v) is 7.69. The zero-order valence-electron chi connectivity index (χ0n) is 12.3. The van der Waals surface area contributed by atoms with Gasteiger partial charge in [0, 0.05) is 18.5 Å². The van der Waals surface area contributed by atoms with E-state index in [9.17, 15) is 0 Å². The maximum atomic E-state index is 5.95. The second-order valence-electron chi connectivity index (χ2n) is 5.22. The van der Waals surface area contributed by atoms with E-state index in [4.69, 9.17) is 16.6 Å². The summed E-state index contributed by atoms with van der Waals surface area (Å²) in [4.78, 5) is 9.31. The standard InChI is InChI=1S/C17H18ClN3/c1-12-9-11-19-17-16(12)20-15(8-10-18)21(17)13(2)14-6-4-3-5-7-14/h3-7,9,11,13H,8,10H2,1-2H3. The highest BCUT2D eigenvalue weighted by Gasteiger charge is 2.18. The largest absolute Gasteiger partial charge is 0.305 e. The van der Waals surface area contributed by atoms with E-state index in [2.05, 4.69) is 47.7 Å². The van der Waals surface area contributed by atoms with Gasteiger partial charge in [-0.25, -0.2) is 9.97 Å². The molecule has 3 rings (SSSR count). The van der Waals surface area contributed by atoms with Gasteiger partial charge in [0.05, 0.1) is 6.04 Å². The van der Waals surface area contributed by atoms with E-state index in [1.54, 1.807) is 0 Å². The molecule has 0 amide bonds. The van der Waals surface area contributed by atoms with Gasteiger partial charge in [0.2, 0.25) is 0 Å². The van der Waals surface area contributed by atoms with Gasteiger partial charge in [-0.1, -0.05) is 30.3 Å². The minimum absolute atomic E-state index is 0.184. The lowest BCUT2D eigenvalue weighted by atomic mass is 10.1. The number of hydrogen-bond acceptors (Lipinski definition) is 2. The van der Waals surface area contributed by atoms with Crippen molar-refractivity contribution in [3.63, 3.8) is 0 Å². The Bertz CT molecular complexity index is 749. The van der Waals surface area contributed by atoms with Crippen molar-refractivity contribution >= 4 is 22.8 Å². The summed E-state index contributed by atoms with van der Waals surface area (Å²) < 4.78 is 2.21. The van der Waals surface area contributed by atoms with Crippen LogP contribution in [0.25, 0.3) is 11.2 Å². The van der Waals surface area contributed by atoms with E-state index in [1.807, 2.05) is 18.3 Å². The van der Waals surface area contributed by atoms with E-state index in [0.29, 0.717) is 5.88 Å². The first kappa shape index (κ1) is 14.1. The number of fused-ring (bicyclic) bond motifs is 1. The molecule has 0 aliphatic rings. The smallest absolute Gasteiger partial charge is 0.160 e. The number of halogens is 1. The molecule has 0 fully saturated rings. The summed E-state index contributed by atoms with van der Waals surface area (Å²) in [6.45, 7) is 4.25. The van der Waals surface area contributed by atoms with Crippen LogP contribution in [0.1, 0.15) is 29.9 Å². The lowest BCUT2D eigenvalue weighted by molar-refractivity contribution is 0.619. The van der Waals surface area contributed by atoms with E-state index >= 15 is 0 Å². The molecule has 3 nitrogen and oxygen atoms in total. The van der Waals surface area contributed by atoms with Crippen molar-refractivity contribution in [1.29, 1.82) is 0 Å². The fourth-order valence-corrected chi connectivity index (χ4v) is 2.87. The highest BCUT2D eigenvalue weighted by molar-refractivity contribution is 6.17. The molecule has 21 heavy (non-hydrogen) atoms. The Labute approximate surface area is 129 Å². The Hall–Kier alpha value is -1.87. The molecule has 0 aliphatic heterocycles. The minimum Gasteiger partial charge on any atom is -0.305 e. The zero-order chi connectivity index (χ0) is 14.8. The third-order valence-corrected chi connectivity index (χ3v) is 4.03. The van der Waals surface area contributed by atoms with Crippen molar-refractivity contribution < 1.29 is 0 Å². The summed E-state index contributed by atoms with van der Waals surface area (Å²) >= 11 is 5.95. The molecule has 4 heteroatoms. The molecule has 2 aromatic heterocycles. The number of rotatable bonds is 4. The molecular weight excluding hydrogens is 282 g/mol. The van der Waals surface area contributed by atoms with Crippen molar-refractivity contribution in [2.24, 2.45) is 0 Å². The topological polar surface area (TPSA) is 30.7 Å². The Balaban J connectivity index is 2.20. The fraction of sp³-hybridized carbons (Fsp3) is 0.294. The summed E-state index contributed by atoms with van der Waals surface area (Å²) in [5, 5.41) is 0. The van der Waals surface area contributed by atoms with Gasteiger partial charge in [0.15, 0.2) is 5.65 Å². The van der Waals surface area contributed by atoms with Gasteiger partial charge in [0.1, 0.15) is 11.3 Å². The molecule has 1 atom stereocenters. The molecule has 0 N–H and O–H groups in total. The Morgan fingerprint density at radius 3 is 2.67 bits per heavy atom. The molecule has 1 unspecified atom stereocenters. The van der Waals surface area contributed by atoms with Gasteiger partial charge in [0.25, 0.3) is 0 Å². The molecule has 108 valence electrons. The monoisotopic (exact) mass is 299 g/mol. The Morgan fingerprint density at radius 2 is 1.95 bits per heavy atom. The molecule has 0 spiro atoms. The highest BCUT2D eigenvalue weighted by Crippen LogP contribution is 2.26. The SMILES string of the molecule is Cc1ccnc2c1nc(CCCl)n2C(C)c1ccccc1. The second-order valence-corrected chi connectivity index (χ2v) is 5.60. The number of hydrogen-bond donors (Lipinski definition) is 0. The van der Waals surface area contributed by atoms with Gasteiger partial charge in [-0.15, -0.1) is 11.6 Å². The number of pyridine rings is 1. The first-order valence-electron chi connectivity index (χ1n) is 7.15. The van der Waals surface area contributed by atoms with Crippen LogP contribution in [-0.2, 0) is 6.42 Å². The molecule has 1 aromatic carbocycles. The van der Waals surface area contributed by atoms with Crippen LogP contribution < -0.4 is 0 Å². The van der Waals surface area contributed by atoms with Crippen LogP contribution in [0.3, 0.4) is 0 Å². The maximum absolute atomic E-state index is 5.95. The van der Waals surface area contributed by atoms with E-state index in [0.717, 1.165) is 29.0 Å². The first-order chi connectivity index (χ1) is 10.2. The van der Waals surface area contributed by atoms with E-state index in [1.165, 1.54) is 5.56 Å². The number of imidazole rings is 1. The highest BCUT2D eigenvalue weighted by atomic mass is 35.5. The average Bonchev–Trinajstić information content (AvgIpc) is 2.87. The quantitative estimate of drug-likeness (QED) is 0.678. The number of aryl methyl sites for hydroxylation is 2. The Kier molecular flexibility index (Phi) is 3.93. The van der Waals surface area contributed by atoms with Crippen molar-refractivity contribution in [2.45, 2.75) is 26.3 Å². The molecule has 0 saturated heterocycles. The lowest BCUT2D eigenvalue weighted by Crippen LogP contribution is -2.11. The zero-order valence-corrected chi connectivity index (χ0v) is 13.0. The number of aromatic nitrogens is 3. The maximum Gasteiger partial charge on any atom is 0.160 e. The van der Waals surface area contributed by atoms with Gasteiger partial charge < -0.3 is 4.57 Å². The van der Waals surface area contributed by atoms with E-state index < -0.39 is 0 Å². The fourth-order valence-electron chi connectivity index (χ4n) is 2.70. The van der Waals surface area contributed by atoms with Gasteiger partial charge in [-0.3, -0.25) is 0 Å². The normalized spacial score (nSPS) is 12.7. The lowest BCUT2D eigenvalue weighted by Gasteiger charge is -2.17. The summed E-state index contributed by atoms with van der Waals surface area (Å²) in [6, 6.07) is 12.6. The Morgan fingerprint density at radius 1 is 1.19 bits per heavy atom. The van der Waals surface area contributed by atoms with Crippen LogP contribution in [0.2, 0.25) is 0 Å². The number of benzene rings is 1. The van der Waals surface area contributed by atoms with Crippen LogP contribution in [0, 0.1) is 6.92 Å². The summed E-state index contributed by atoms with van der Waals surface area (Å²) in [5.41, 5.74) is 4.30. The molecule has 0 radical (unpaired) electrons. The molecular formula is C17H18ClN3. The van der Waals surface area contributed by atoms with Crippen LogP contribution in [-0.4, -0.2) is 20.4 Å².